The van der Waals surface area contributed by atoms with Crippen LogP contribution in [0.5, 0.6) is 11.5 Å². The monoisotopic (exact) mass is 274 g/mol. The van der Waals surface area contributed by atoms with E-state index in [4.69, 9.17) is 16.3 Å². The summed E-state index contributed by atoms with van der Waals surface area (Å²) in [6.45, 7) is 6.08. The number of halogens is 1. The van der Waals surface area contributed by atoms with Gasteiger partial charge in [-0.05, 0) is 49.6 Å². The smallest absolute Gasteiger partial charge is 0.151 e. The Kier molecular flexibility index (Phi) is 3.91. The highest BCUT2D eigenvalue weighted by Gasteiger charge is 2.09. The lowest BCUT2D eigenvalue weighted by atomic mass is 10.1. The van der Waals surface area contributed by atoms with Crippen molar-refractivity contribution in [3.8, 4) is 11.5 Å². The number of aldehydes is 1. The molecule has 0 saturated heterocycles. The standard InChI is InChI=1S/C16H15ClO2/c1-10-4-5-11(2)16(12(10)3)19-14-7-6-13(9-18)15(17)8-14/h4-9H,1-3H3. The Labute approximate surface area is 118 Å². The van der Waals surface area contributed by atoms with E-state index in [9.17, 15) is 4.79 Å². The average Bonchev–Trinajstić information content (AvgIpc) is 2.39. The van der Waals surface area contributed by atoms with Crippen LogP contribution in [0, 0.1) is 20.8 Å². The molecule has 2 aromatic rings. The van der Waals surface area contributed by atoms with Gasteiger partial charge in [-0.1, -0.05) is 23.7 Å². The number of benzene rings is 2. The molecule has 0 saturated carbocycles. The van der Waals surface area contributed by atoms with Crippen LogP contribution in [-0.4, -0.2) is 6.29 Å². The van der Waals surface area contributed by atoms with Crippen LogP contribution in [0.3, 0.4) is 0 Å². The van der Waals surface area contributed by atoms with Crippen molar-refractivity contribution in [1.82, 2.24) is 0 Å². The molecule has 2 rings (SSSR count). The number of carbonyl (C=O) groups excluding carboxylic acids is 1. The number of hydrogen-bond donors (Lipinski definition) is 0. The van der Waals surface area contributed by atoms with E-state index >= 15 is 0 Å². The second kappa shape index (κ2) is 5.45. The lowest BCUT2D eigenvalue weighted by Crippen LogP contribution is -1.94. The minimum Gasteiger partial charge on any atom is -0.457 e. The molecule has 0 aliphatic heterocycles. The van der Waals surface area contributed by atoms with Gasteiger partial charge in [0, 0.05) is 11.6 Å². The molecule has 2 nitrogen and oxygen atoms in total. The third kappa shape index (κ3) is 2.79. The van der Waals surface area contributed by atoms with Gasteiger partial charge in [-0.2, -0.15) is 0 Å². The fourth-order valence-electron chi connectivity index (χ4n) is 1.87. The molecule has 19 heavy (non-hydrogen) atoms. The van der Waals surface area contributed by atoms with Crippen molar-refractivity contribution in [1.29, 1.82) is 0 Å². The van der Waals surface area contributed by atoms with Crippen LogP contribution in [-0.2, 0) is 0 Å². The zero-order valence-electron chi connectivity index (χ0n) is 11.2. The Bertz CT molecular complexity index is 633. The quantitative estimate of drug-likeness (QED) is 0.747. The van der Waals surface area contributed by atoms with Gasteiger partial charge in [0.05, 0.1) is 5.02 Å². The first-order chi connectivity index (χ1) is 9.02. The second-order valence-electron chi connectivity index (χ2n) is 4.56. The van der Waals surface area contributed by atoms with Crippen molar-refractivity contribution in [3.05, 3.63) is 57.6 Å². The van der Waals surface area contributed by atoms with E-state index in [-0.39, 0.29) is 0 Å². The summed E-state index contributed by atoms with van der Waals surface area (Å²) in [7, 11) is 0. The summed E-state index contributed by atoms with van der Waals surface area (Å²) in [5.41, 5.74) is 3.82. The van der Waals surface area contributed by atoms with E-state index in [1.165, 1.54) is 5.56 Å². The van der Waals surface area contributed by atoms with Crippen molar-refractivity contribution in [3.63, 3.8) is 0 Å². The zero-order chi connectivity index (χ0) is 14.0. The predicted molar refractivity (Wildman–Crippen MR) is 77.6 cm³/mol. The molecule has 0 aliphatic rings. The first-order valence-electron chi connectivity index (χ1n) is 6.02. The van der Waals surface area contributed by atoms with Crippen LogP contribution in [0.1, 0.15) is 27.0 Å². The Morgan fingerprint density at radius 3 is 2.37 bits per heavy atom. The molecule has 0 heterocycles. The summed E-state index contributed by atoms with van der Waals surface area (Å²) in [6.07, 6.45) is 0.731. The minimum absolute atomic E-state index is 0.399. The molecule has 0 spiro atoms. The van der Waals surface area contributed by atoms with Crippen molar-refractivity contribution < 1.29 is 9.53 Å². The van der Waals surface area contributed by atoms with Crippen molar-refractivity contribution in [2.45, 2.75) is 20.8 Å². The molecule has 0 N–H and O–H groups in total. The van der Waals surface area contributed by atoms with Crippen molar-refractivity contribution in [2.24, 2.45) is 0 Å². The number of aryl methyl sites for hydroxylation is 2. The molecule has 0 unspecified atom stereocenters. The minimum atomic E-state index is 0.399. The highest BCUT2D eigenvalue weighted by molar-refractivity contribution is 6.33. The summed E-state index contributed by atoms with van der Waals surface area (Å²) >= 11 is 6.00. The maximum absolute atomic E-state index is 10.7. The Morgan fingerprint density at radius 1 is 1.05 bits per heavy atom. The van der Waals surface area contributed by atoms with Gasteiger partial charge >= 0.3 is 0 Å². The molecule has 0 radical (unpaired) electrons. The molecule has 0 fully saturated rings. The number of hydrogen-bond acceptors (Lipinski definition) is 2. The third-order valence-corrected chi connectivity index (χ3v) is 3.52. The summed E-state index contributed by atoms with van der Waals surface area (Å²) in [6, 6.07) is 9.16. The maximum atomic E-state index is 10.7. The number of carbonyl (C=O) groups is 1. The van der Waals surface area contributed by atoms with Gasteiger partial charge in [0.15, 0.2) is 6.29 Å². The van der Waals surface area contributed by atoms with E-state index in [0.29, 0.717) is 16.3 Å². The fourth-order valence-corrected chi connectivity index (χ4v) is 2.08. The fraction of sp³-hybridized carbons (Fsp3) is 0.188. The molecule has 0 amide bonds. The van der Waals surface area contributed by atoms with Crippen LogP contribution in [0.25, 0.3) is 0 Å². The Balaban J connectivity index is 2.39. The first kappa shape index (κ1) is 13.6. The molecule has 3 heteroatoms. The largest absolute Gasteiger partial charge is 0.457 e. The summed E-state index contributed by atoms with van der Waals surface area (Å²) in [5.74, 6) is 1.47. The zero-order valence-corrected chi connectivity index (χ0v) is 11.9. The molecule has 2 aromatic carbocycles. The van der Waals surface area contributed by atoms with Crippen molar-refractivity contribution in [2.75, 3.05) is 0 Å². The van der Waals surface area contributed by atoms with Gasteiger partial charge in [0.1, 0.15) is 11.5 Å². The normalized spacial score (nSPS) is 10.3. The van der Waals surface area contributed by atoms with Gasteiger partial charge in [-0.15, -0.1) is 0 Å². The van der Waals surface area contributed by atoms with Crippen molar-refractivity contribution >= 4 is 17.9 Å². The van der Waals surface area contributed by atoms with E-state index in [1.54, 1.807) is 18.2 Å². The van der Waals surface area contributed by atoms with E-state index < -0.39 is 0 Å². The highest BCUT2D eigenvalue weighted by atomic mass is 35.5. The van der Waals surface area contributed by atoms with Gasteiger partial charge in [0.2, 0.25) is 0 Å². The van der Waals surface area contributed by atoms with E-state index in [0.717, 1.165) is 23.2 Å². The summed E-state index contributed by atoms with van der Waals surface area (Å²) in [5, 5.41) is 0.399. The maximum Gasteiger partial charge on any atom is 0.151 e. The molecule has 0 atom stereocenters. The van der Waals surface area contributed by atoms with Crippen LogP contribution in [0.2, 0.25) is 5.02 Å². The average molecular weight is 275 g/mol. The molecule has 0 bridgehead atoms. The van der Waals surface area contributed by atoms with Gasteiger partial charge in [0.25, 0.3) is 0 Å². The number of rotatable bonds is 3. The Hall–Kier alpha value is -1.80. The lowest BCUT2D eigenvalue weighted by molar-refractivity contribution is 0.112. The molecule has 98 valence electrons. The number of ether oxygens (including phenoxy) is 1. The van der Waals surface area contributed by atoms with E-state index in [1.807, 2.05) is 26.8 Å². The van der Waals surface area contributed by atoms with Crippen LogP contribution in [0.4, 0.5) is 0 Å². The lowest BCUT2D eigenvalue weighted by Gasteiger charge is -2.14. The molecular weight excluding hydrogens is 260 g/mol. The highest BCUT2D eigenvalue weighted by Crippen LogP contribution is 2.32. The molecular formula is C16H15ClO2. The van der Waals surface area contributed by atoms with Crippen LogP contribution in [0.15, 0.2) is 30.3 Å². The van der Waals surface area contributed by atoms with Gasteiger partial charge in [-0.25, -0.2) is 0 Å². The van der Waals surface area contributed by atoms with Crippen LogP contribution >= 0.6 is 11.6 Å². The molecule has 0 aromatic heterocycles. The topological polar surface area (TPSA) is 26.3 Å². The summed E-state index contributed by atoms with van der Waals surface area (Å²) in [4.78, 5) is 10.7. The third-order valence-electron chi connectivity index (χ3n) is 3.19. The van der Waals surface area contributed by atoms with Crippen LogP contribution < -0.4 is 4.74 Å². The SMILES string of the molecule is Cc1ccc(C)c(Oc2ccc(C=O)c(Cl)c2)c1C. The summed E-state index contributed by atoms with van der Waals surface area (Å²) < 4.78 is 5.90. The van der Waals surface area contributed by atoms with Gasteiger partial charge in [-0.3, -0.25) is 4.79 Å². The Morgan fingerprint density at radius 2 is 1.74 bits per heavy atom. The predicted octanol–water partition coefficient (Wildman–Crippen LogP) is 4.87. The molecule has 0 aliphatic carbocycles. The first-order valence-corrected chi connectivity index (χ1v) is 6.40. The van der Waals surface area contributed by atoms with E-state index in [2.05, 4.69) is 6.07 Å². The second-order valence-corrected chi connectivity index (χ2v) is 4.96. The van der Waals surface area contributed by atoms with Gasteiger partial charge < -0.3 is 4.74 Å².